The summed E-state index contributed by atoms with van der Waals surface area (Å²) in [5.41, 5.74) is 0.913. The van der Waals surface area contributed by atoms with Crippen molar-refractivity contribution < 1.29 is 14.1 Å². The maximum Gasteiger partial charge on any atom is 0.409 e. The van der Waals surface area contributed by atoms with Crippen LogP contribution in [-0.4, -0.2) is 35.8 Å². The highest BCUT2D eigenvalue weighted by atomic mass is 16.5. The van der Waals surface area contributed by atoms with Gasteiger partial charge in [-0.3, -0.25) is 4.79 Å². The molecule has 3 rings (SSSR count). The number of nitrogens with one attached hydrogen (secondary N) is 1. The van der Waals surface area contributed by atoms with Crippen molar-refractivity contribution in [1.29, 1.82) is 0 Å². The van der Waals surface area contributed by atoms with E-state index in [4.69, 9.17) is 9.26 Å². The predicted molar refractivity (Wildman–Crippen MR) is 98.3 cm³/mol. The third-order valence-electron chi connectivity index (χ3n) is 5.37. The van der Waals surface area contributed by atoms with Crippen LogP contribution in [0.3, 0.4) is 0 Å². The Kier molecular flexibility index (Phi) is 5.20. The van der Waals surface area contributed by atoms with Crippen LogP contribution in [0.2, 0.25) is 0 Å². The fraction of sp³-hybridized carbons (Fsp3) is 0.500. The molecule has 1 aromatic heterocycles. The van der Waals surface area contributed by atoms with Crippen LogP contribution in [0.25, 0.3) is 0 Å². The van der Waals surface area contributed by atoms with Crippen molar-refractivity contribution in [2.24, 2.45) is 0 Å². The van der Waals surface area contributed by atoms with E-state index >= 15 is 0 Å². The highest BCUT2D eigenvalue weighted by molar-refractivity contribution is 5.68. The van der Waals surface area contributed by atoms with E-state index in [0.717, 1.165) is 19.3 Å². The zero-order chi connectivity index (χ0) is 18.7. The van der Waals surface area contributed by atoms with Crippen molar-refractivity contribution in [2.45, 2.75) is 50.5 Å². The molecule has 2 aromatic rings. The van der Waals surface area contributed by atoms with Gasteiger partial charge in [-0.05, 0) is 30.2 Å². The molecular weight excluding hydrogens is 332 g/mol. The average molecular weight is 358 g/mol. The molecule has 1 aliphatic rings. The van der Waals surface area contributed by atoms with Crippen LogP contribution in [0, 0.1) is 0 Å². The fourth-order valence-corrected chi connectivity index (χ4v) is 3.96. The number of methoxy groups -OCH3 is 1. The Bertz CT molecular complexity index is 793. The molecule has 1 amide bonds. The minimum absolute atomic E-state index is 0.0107. The van der Waals surface area contributed by atoms with E-state index in [1.54, 1.807) is 0 Å². The number of hydrogen-bond acceptors (Lipinski definition) is 4. The maximum absolute atomic E-state index is 12.3. The number of carbonyl (C=O) groups excluding carboxylic acids is 1. The lowest BCUT2D eigenvalue weighted by Crippen LogP contribution is -2.48. The lowest BCUT2D eigenvalue weighted by atomic mass is 9.75. The lowest BCUT2D eigenvalue weighted by molar-refractivity contribution is 0.0720. The highest BCUT2D eigenvalue weighted by Gasteiger charge is 2.37. The number of aromatic nitrogens is 1. The molecule has 2 atom stereocenters. The smallest absolute Gasteiger partial charge is 0.409 e. The molecule has 1 N–H and O–H groups in total. The minimum atomic E-state index is -0.298. The summed E-state index contributed by atoms with van der Waals surface area (Å²) in [4.78, 5) is 25.5. The summed E-state index contributed by atoms with van der Waals surface area (Å²) in [6.07, 6.45) is 1.99. The first-order chi connectivity index (χ1) is 12.4. The van der Waals surface area contributed by atoms with E-state index < -0.39 is 0 Å². The van der Waals surface area contributed by atoms with Crippen molar-refractivity contribution >= 4 is 6.09 Å². The Morgan fingerprint density at radius 3 is 2.69 bits per heavy atom. The predicted octanol–water partition coefficient (Wildman–Crippen LogP) is 3.65. The van der Waals surface area contributed by atoms with E-state index in [0.29, 0.717) is 12.3 Å². The first kappa shape index (κ1) is 18.3. The molecule has 0 aliphatic carbocycles. The Morgan fingerprint density at radius 2 is 2.08 bits per heavy atom. The number of likely N-dealkylation sites (tertiary alicyclic amines) is 1. The average Bonchev–Trinajstić information content (AvgIpc) is 3.08. The minimum Gasteiger partial charge on any atom is -0.453 e. The zero-order valence-corrected chi connectivity index (χ0v) is 15.5. The number of rotatable bonds is 4. The number of benzene rings is 1. The molecular formula is C20H26N2O4. The van der Waals surface area contributed by atoms with Gasteiger partial charge < -0.3 is 14.2 Å². The monoisotopic (exact) mass is 358 g/mol. The first-order valence-electron chi connectivity index (χ1n) is 8.99. The van der Waals surface area contributed by atoms with Crippen molar-refractivity contribution in [2.75, 3.05) is 13.7 Å². The molecule has 26 heavy (non-hydrogen) atoms. The SMILES string of the molecule is COC(=O)N1CC[C@@H](c2cc(=O)[nH]o2)C[C@@H]1CC(C)(C)c1ccccc1. The molecule has 1 aromatic carbocycles. The quantitative estimate of drug-likeness (QED) is 0.905. The standard InChI is InChI=1S/C20H26N2O4/c1-20(2,15-7-5-4-6-8-15)13-16-11-14(17-12-18(23)21-26-17)9-10-22(16)19(24)25-3/h4-8,12,14,16H,9-11,13H2,1-3H3,(H,21,23)/t14-,16-/m1/s1. The van der Waals surface area contributed by atoms with Gasteiger partial charge in [-0.2, -0.15) is 5.16 Å². The summed E-state index contributed by atoms with van der Waals surface area (Å²) in [6.45, 7) is 4.97. The zero-order valence-electron chi connectivity index (χ0n) is 15.5. The topological polar surface area (TPSA) is 75.5 Å². The van der Waals surface area contributed by atoms with Crippen molar-refractivity contribution in [3.05, 3.63) is 58.1 Å². The number of ether oxygens (including phenoxy) is 1. The molecule has 0 bridgehead atoms. The van der Waals surface area contributed by atoms with E-state index in [9.17, 15) is 9.59 Å². The third-order valence-corrected chi connectivity index (χ3v) is 5.37. The lowest BCUT2D eigenvalue weighted by Gasteiger charge is -2.41. The summed E-state index contributed by atoms with van der Waals surface area (Å²) >= 11 is 0. The molecule has 0 spiro atoms. The van der Waals surface area contributed by atoms with Crippen LogP contribution < -0.4 is 5.56 Å². The van der Waals surface area contributed by atoms with Gasteiger partial charge in [0.25, 0.3) is 5.56 Å². The number of carbonyl (C=O) groups is 1. The van der Waals surface area contributed by atoms with Gasteiger partial charge >= 0.3 is 6.09 Å². The van der Waals surface area contributed by atoms with Crippen LogP contribution in [0.5, 0.6) is 0 Å². The largest absolute Gasteiger partial charge is 0.453 e. The number of nitrogens with zero attached hydrogens (tertiary/aromatic N) is 1. The van der Waals surface area contributed by atoms with Crippen LogP contribution >= 0.6 is 0 Å². The second kappa shape index (κ2) is 7.40. The van der Waals surface area contributed by atoms with E-state index in [-0.39, 0.29) is 29.0 Å². The molecule has 6 heteroatoms. The summed E-state index contributed by atoms with van der Waals surface area (Å²) < 4.78 is 10.3. The van der Waals surface area contributed by atoms with Crippen molar-refractivity contribution in [3.8, 4) is 0 Å². The van der Waals surface area contributed by atoms with Gasteiger partial charge in [-0.15, -0.1) is 0 Å². The molecule has 1 aliphatic heterocycles. The number of amides is 1. The van der Waals surface area contributed by atoms with E-state index in [1.807, 2.05) is 23.1 Å². The van der Waals surface area contributed by atoms with Crippen molar-refractivity contribution in [1.82, 2.24) is 10.1 Å². The maximum atomic E-state index is 12.3. The summed E-state index contributed by atoms with van der Waals surface area (Å²) in [7, 11) is 1.42. The number of H-pyrrole nitrogens is 1. The highest BCUT2D eigenvalue weighted by Crippen LogP contribution is 2.38. The van der Waals surface area contributed by atoms with E-state index in [1.165, 1.54) is 18.7 Å². The Morgan fingerprint density at radius 1 is 1.35 bits per heavy atom. The Hall–Kier alpha value is -2.50. The molecule has 0 radical (unpaired) electrons. The normalized spacial score (nSPS) is 20.8. The number of hydrogen-bond donors (Lipinski definition) is 1. The molecule has 1 fully saturated rings. The summed E-state index contributed by atoms with van der Waals surface area (Å²) in [6, 6.07) is 11.8. The van der Waals surface area contributed by atoms with Crippen LogP contribution in [0.15, 0.2) is 45.7 Å². The van der Waals surface area contributed by atoms with Gasteiger partial charge in [0.1, 0.15) is 5.76 Å². The second-order valence-corrected chi connectivity index (χ2v) is 7.61. The Balaban J connectivity index is 1.83. The molecule has 6 nitrogen and oxygen atoms in total. The van der Waals surface area contributed by atoms with Gasteiger partial charge in [0.05, 0.1) is 7.11 Å². The van der Waals surface area contributed by atoms with Gasteiger partial charge in [0.15, 0.2) is 0 Å². The fourth-order valence-electron chi connectivity index (χ4n) is 3.96. The van der Waals surface area contributed by atoms with Crippen LogP contribution in [-0.2, 0) is 10.2 Å². The molecule has 0 saturated carbocycles. The second-order valence-electron chi connectivity index (χ2n) is 7.61. The molecule has 2 heterocycles. The van der Waals surface area contributed by atoms with Gasteiger partial charge in [-0.25, -0.2) is 4.79 Å². The third kappa shape index (κ3) is 3.84. The van der Waals surface area contributed by atoms with Crippen LogP contribution in [0.1, 0.15) is 50.4 Å². The first-order valence-corrected chi connectivity index (χ1v) is 8.99. The van der Waals surface area contributed by atoms with Gasteiger partial charge in [0, 0.05) is 24.6 Å². The Labute approximate surface area is 153 Å². The summed E-state index contributed by atoms with van der Waals surface area (Å²) in [5.74, 6) is 0.786. The summed E-state index contributed by atoms with van der Waals surface area (Å²) in [5, 5.41) is 2.36. The van der Waals surface area contributed by atoms with Crippen LogP contribution in [0.4, 0.5) is 4.79 Å². The van der Waals surface area contributed by atoms with Gasteiger partial charge in [-0.1, -0.05) is 44.2 Å². The molecule has 140 valence electrons. The molecule has 1 saturated heterocycles. The number of aromatic amines is 1. The number of piperidine rings is 1. The molecule has 0 unspecified atom stereocenters. The van der Waals surface area contributed by atoms with Crippen molar-refractivity contribution in [3.63, 3.8) is 0 Å². The van der Waals surface area contributed by atoms with E-state index in [2.05, 4.69) is 31.1 Å². The van der Waals surface area contributed by atoms with Gasteiger partial charge in [0.2, 0.25) is 0 Å².